The van der Waals surface area contributed by atoms with Gasteiger partial charge < -0.3 is 10.7 Å². The van der Waals surface area contributed by atoms with Crippen molar-refractivity contribution in [2.75, 3.05) is 0 Å². The molecule has 16 heavy (non-hydrogen) atoms. The molecular formula is C13H19N3. The van der Waals surface area contributed by atoms with Crippen LogP contribution in [-0.2, 0) is 12.8 Å². The summed E-state index contributed by atoms with van der Waals surface area (Å²) >= 11 is 0. The maximum absolute atomic E-state index is 5.80. The van der Waals surface area contributed by atoms with E-state index in [1.54, 1.807) is 0 Å². The average Bonchev–Trinajstić information content (AvgIpc) is 2.59. The lowest BCUT2D eigenvalue weighted by atomic mass is 10.1. The van der Waals surface area contributed by atoms with Crippen LogP contribution < -0.4 is 5.73 Å². The van der Waals surface area contributed by atoms with E-state index in [2.05, 4.69) is 35.1 Å². The maximum Gasteiger partial charge on any atom is 0.107 e. The second-order valence-electron chi connectivity index (χ2n) is 4.47. The van der Waals surface area contributed by atoms with Crippen molar-refractivity contribution < 1.29 is 0 Å². The summed E-state index contributed by atoms with van der Waals surface area (Å²) in [6.45, 7) is 4.19. The molecule has 3 N–H and O–H groups in total. The molecule has 0 spiro atoms. The van der Waals surface area contributed by atoms with E-state index in [4.69, 9.17) is 5.73 Å². The summed E-state index contributed by atoms with van der Waals surface area (Å²) in [4.78, 5) is 7.89. The summed E-state index contributed by atoms with van der Waals surface area (Å²) in [5.41, 5.74) is 9.25. The Bertz CT molecular complexity index is 471. The lowest BCUT2D eigenvalue weighted by molar-refractivity contribution is 0.739. The fraction of sp³-hybridized carbons (Fsp3) is 0.462. The van der Waals surface area contributed by atoms with Crippen LogP contribution in [0.2, 0.25) is 0 Å². The first-order valence-electron chi connectivity index (χ1n) is 5.92. The zero-order chi connectivity index (χ0) is 11.5. The van der Waals surface area contributed by atoms with Gasteiger partial charge in [0.25, 0.3) is 0 Å². The number of hydrogen-bond acceptors (Lipinski definition) is 2. The SMILES string of the molecule is CCCc1nc2ccc(CC(C)N)cc2[nH]1. The number of hydrogen-bond donors (Lipinski definition) is 2. The molecule has 0 fully saturated rings. The van der Waals surface area contributed by atoms with Crippen molar-refractivity contribution in [1.82, 2.24) is 9.97 Å². The van der Waals surface area contributed by atoms with Crippen LogP contribution in [0.15, 0.2) is 18.2 Å². The normalized spacial score (nSPS) is 13.2. The highest BCUT2D eigenvalue weighted by atomic mass is 14.9. The Hall–Kier alpha value is -1.35. The molecule has 3 heteroatoms. The largest absolute Gasteiger partial charge is 0.342 e. The molecule has 2 aromatic rings. The third-order valence-electron chi connectivity index (χ3n) is 2.64. The molecule has 0 aliphatic carbocycles. The molecule has 0 radical (unpaired) electrons. The lowest BCUT2D eigenvalue weighted by Crippen LogP contribution is -2.17. The van der Waals surface area contributed by atoms with Gasteiger partial charge in [-0.2, -0.15) is 0 Å². The molecule has 3 nitrogen and oxygen atoms in total. The fourth-order valence-corrected chi connectivity index (χ4v) is 1.96. The van der Waals surface area contributed by atoms with E-state index < -0.39 is 0 Å². The smallest absolute Gasteiger partial charge is 0.107 e. The van der Waals surface area contributed by atoms with Gasteiger partial charge in [-0.25, -0.2) is 4.98 Å². The van der Waals surface area contributed by atoms with Crippen LogP contribution in [0.4, 0.5) is 0 Å². The quantitative estimate of drug-likeness (QED) is 0.826. The van der Waals surface area contributed by atoms with Crippen LogP contribution in [0.5, 0.6) is 0 Å². The highest BCUT2D eigenvalue weighted by Crippen LogP contribution is 2.15. The van der Waals surface area contributed by atoms with Crippen molar-refractivity contribution in [3.63, 3.8) is 0 Å². The van der Waals surface area contributed by atoms with Crippen molar-refractivity contribution >= 4 is 11.0 Å². The van der Waals surface area contributed by atoms with Gasteiger partial charge in [-0.1, -0.05) is 13.0 Å². The highest BCUT2D eigenvalue weighted by molar-refractivity contribution is 5.75. The van der Waals surface area contributed by atoms with Crippen LogP contribution in [0.3, 0.4) is 0 Å². The van der Waals surface area contributed by atoms with E-state index >= 15 is 0 Å². The van der Waals surface area contributed by atoms with Crippen LogP contribution in [0.1, 0.15) is 31.7 Å². The van der Waals surface area contributed by atoms with E-state index in [0.717, 1.165) is 36.1 Å². The number of nitrogens with zero attached hydrogens (tertiary/aromatic N) is 1. The molecule has 1 unspecified atom stereocenters. The number of aryl methyl sites for hydroxylation is 1. The Morgan fingerprint density at radius 1 is 1.44 bits per heavy atom. The van der Waals surface area contributed by atoms with Crippen LogP contribution >= 0.6 is 0 Å². The number of aromatic nitrogens is 2. The summed E-state index contributed by atoms with van der Waals surface area (Å²) in [5.74, 6) is 1.08. The van der Waals surface area contributed by atoms with E-state index in [1.165, 1.54) is 5.56 Å². The van der Waals surface area contributed by atoms with E-state index in [-0.39, 0.29) is 6.04 Å². The third-order valence-corrected chi connectivity index (χ3v) is 2.64. The molecule has 0 aliphatic heterocycles. The van der Waals surface area contributed by atoms with Crippen molar-refractivity contribution in [2.24, 2.45) is 5.73 Å². The first-order chi connectivity index (χ1) is 7.69. The fourth-order valence-electron chi connectivity index (χ4n) is 1.96. The number of benzene rings is 1. The topological polar surface area (TPSA) is 54.7 Å². The summed E-state index contributed by atoms with van der Waals surface area (Å²) in [7, 11) is 0. The molecule has 0 amide bonds. The Labute approximate surface area is 96.1 Å². The average molecular weight is 217 g/mol. The number of nitrogens with one attached hydrogen (secondary N) is 1. The predicted molar refractivity (Wildman–Crippen MR) is 67.4 cm³/mol. The number of aromatic amines is 1. The summed E-state index contributed by atoms with van der Waals surface area (Å²) in [6.07, 6.45) is 3.04. The zero-order valence-corrected chi connectivity index (χ0v) is 9.96. The number of nitrogens with two attached hydrogens (primary N) is 1. The molecule has 0 aliphatic rings. The van der Waals surface area contributed by atoms with Gasteiger partial charge in [0.15, 0.2) is 0 Å². The van der Waals surface area contributed by atoms with Gasteiger partial charge in [0.1, 0.15) is 5.82 Å². The number of fused-ring (bicyclic) bond motifs is 1. The minimum Gasteiger partial charge on any atom is -0.342 e. The molecule has 0 bridgehead atoms. The Morgan fingerprint density at radius 3 is 2.94 bits per heavy atom. The van der Waals surface area contributed by atoms with E-state index in [9.17, 15) is 0 Å². The number of imidazole rings is 1. The Balaban J connectivity index is 2.30. The minimum absolute atomic E-state index is 0.204. The van der Waals surface area contributed by atoms with Crippen LogP contribution in [0.25, 0.3) is 11.0 Å². The van der Waals surface area contributed by atoms with Gasteiger partial charge in [-0.15, -0.1) is 0 Å². The molecule has 1 aromatic heterocycles. The molecule has 0 saturated carbocycles. The van der Waals surface area contributed by atoms with Crippen LogP contribution in [0, 0.1) is 0 Å². The maximum atomic E-state index is 5.80. The van der Waals surface area contributed by atoms with Crippen molar-refractivity contribution in [3.05, 3.63) is 29.6 Å². The summed E-state index contributed by atoms with van der Waals surface area (Å²) in [5, 5.41) is 0. The van der Waals surface area contributed by atoms with Gasteiger partial charge in [0.05, 0.1) is 11.0 Å². The first-order valence-corrected chi connectivity index (χ1v) is 5.92. The molecular weight excluding hydrogens is 198 g/mol. The standard InChI is InChI=1S/C13H19N3/c1-3-4-13-15-11-6-5-10(7-9(2)14)8-12(11)16-13/h5-6,8-9H,3-4,7,14H2,1-2H3,(H,15,16). The van der Waals surface area contributed by atoms with Crippen LogP contribution in [-0.4, -0.2) is 16.0 Å². The van der Waals surface area contributed by atoms with Gasteiger partial charge in [0, 0.05) is 12.5 Å². The lowest BCUT2D eigenvalue weighted by Gasteiger charge is -2.04. The molecule has 1 atom stereocenters. The third kappa shape index (κ3) is 2.42. The first kappa shape index (κ1) is 11.1. The van der Waals surface area contributed by atoms with Gasteiger partial charge in [0.2, 0.25) is 0 Å². The summed E-state index contributed by atoms with van der Waals surface area (Å²) in [6, 6.07) is 6.55. The molecule has 0 saturated heterocycles. The molecule has 86 valence electrons. The zero-order valence-electron chi connectivity index (χ0n) is 9.96. The summed E-state index contributed by atoms with van der Waals surface area (Å²) < 4.78 is 0. The second-order valence-corrected chi connectivity index (χ2v) is 4.47. The second kappa shape index (κ2) is 4.66. The van der Waals surface area contributed by atoms with Gasteiger partial charge in [-0.05, 0) is 37.5 Å². The van der Waals surface area contributed by atoms with Gasteiger partial charge >= 0.3 is 0 Å². The van der Waals surface area contributed by atoms with Crippen molar-refractivity contribution in [2.45, 2.75) is 39.2 Å². The highest BCUT2D eigenvalue weighted by Gasteiger charge is 2.04. The number of rotatable bonds is 4. The van der Waals surface area contributed by atoms with E-state index in [0.29, 0.717) is 0 Å². The van der Waals surface area contributed by atoms with Gasteiger partial charge in [-0.3, -0.25) is 0 Å². The Morgan fingerprint density at radius 2 is 2.25 bits per heavy atom. The monoisotopic (exact) mass is 217 g/mol. The van der Waals surface area contributed by atoms with Crippen molar-refractivity contribution in [1.29, 1.82) is 0 Å². The Kier molecular flexibility index (Phi) is 3.25. The molecule has 1 aromatic carbocycles. The minimum atomic E-state index is 0.204. The number of H-pyrrole nitrogens is 1. The predicted octanol–water partition coefficient (Wildman–Crippen LogP) is 2.41. The van der Waals surface area contributed by atoms with Crippen molar-refractivity contribution in [3.8, 4) is 0 Å². The molecule has 2 rings (SSSR count). The molecule has 1 heterocycles. The van der Waals surface area contributed by atoms with E-state index in [1.807, 2.05) is 6.92 Å².